The molecule has 0 radical (unpaired) electrons. The maximum Gasteiger partial charge on any atom is 0.251 e. The molecule has 3 rings (SSSR count). The number of amides is 1. The Morgan fingerprint density at radius 3 is 2.44 bits per heavy atom. The van der Waals surface area contributed by atoms with Gasteiger partial charge in [-0.25, -0.2) is 4.39 Å². The van der Waals surface area contributed by atoms with Crippen LogP contribution < -0.4 is 5.32 Å². The van der Waals surface area contributed by atoms with Crippen LogP contribution in [0.25, 0.3) is 0 Å². The Hall–Kier alpha value is -1.91. The van der Waals surface area contributed by atoms with E-state index in [0.29, 0.717) is 17.1 Å². The van der Waals surface area contributed by atoms with E-state index in [2.05, 4.69) is 10.2 Å². The molecule has 0 aliphatic carbocycles. The standard InChI is InChI=1S/C20H22ClFN2O/c21-18-7-3-2-6-17(18)19(24-12-4-1-5-13-24)14-23-20(25)15-8-10-16(22)11-9-15/h2-3,6-11,19H,1,4-5,12-14H2,(H,23,25)/t19-/m1/s1. The van der Waals surface area contributed by atoms with Crippen LogP contribution in [0.15, 0.2) is 48.5 Å². The lowest BCUT2D eigenvalue weighted by molar-refractivity contribution is 0.0924. The second kappa shape index (κ2) is 8.45. The van der Waals surface area contributed by atoms with Crippen LogP contribution in [0.2, 0.25) is 5.02 Å². The smallest absolute Gasteiger partial charge is 0.251 e. The predicted molar refractivity (Wildman–Crippen MR) is 98.4 cm³/mol. The summed E-state index contributed by atoms with van der Waals surface area (Å²) in [6.07, 6.45) is 3.56. The molecule has 3 nitrogen and oxygen atoms in total. The maximum absolute atomic E-state index is 13.0. The number of rotatable bonds is 5. The Balaban J connectivity index is 1.74. The topological polar surface area (TPSA) is 32.3 Å². The van der Waals surface area contributed by atoms with Crippen LogP contribution in [0.5, 0.6) is 0 Å². The van der Waals surface area contributed by atoms with E-state index in [1.807, 2.05) is 24.3 Å². The molecule has 1 heterocycles. The van der Waals surface area contributed by atoms with E-state index in [1.54, 1.807) is 0 Å². The Morgan fingerprint density at radius 2 is 1.76 bits per heavy atom. The van der Waals surface area contributed by atoms with Crippen LogP contribution in [0, 0.1) is 5.82 Å². The fraction of sp³-hybridized carbons (Fsp3) is 0.350. The summed E-state index contributed by atoms with van der Waals surface area (Å²) >= 11 is 6.41. The van der Waals surface area contributed by atoms with Crippen molar-refractivity contribution in [2.75, 3.05) is 19.6 Å². The third kappa shape index (κ3) is 4.59. The number of carbonyl (C=O) groups excluding carboxylic acids is 1. The van der Waals surface area contributed by atoms with Gasteiger partial charge in [0.2, 0.25) is 0 Å². The van der Waals surface area contributed by atoms with Crippen molar-refractivity contribution >= 4 is 17.5 Å². The number of nitrogens with zero attached hydrogens (tertiary/aromatic N) is 1. The normalized spacial score (nSPS) is 16.4. The summed E-state index contributed by atoms with van der Waals surface area (Å²) in [5.41, 5.74) is 1.49. The van der Waals surface area contributed by atoms with Gasteiger partial charge in [0.15, 0.2) is 0 Å². The highest BCUT2D eigenvalue weighted by molar-refractivity contribution is 6.31. The Morgan fingerprint density at radius 1 is 1.08 bits per heavy atom. The fourth-order valence-electron chi connectivity index (χ4n) is 3.30. The highest BCUT2D eigenvalue weighted by atomic mass is 35.5. The number of piperidine rings is 1. The highest BCUT2D eigenvalue weighted by Crippen LogP contribution is 2.29. The van der Waals surface area contributed by atoms with Crippen LogP contribution in [0.3, 0.4) is 0 Å². The second-order valence-electron chi connectivity index (χ2n) is 6.35. The van der Waals surface area contributed by atoms with Crippen molar-refractivity contribution in [1.29, 1.82) is 0 Å². The van der Waals surface area contributed by atoms with E-state index in [1.165, 1.54) is 30.7 Å². The van der Waals surface area contributed by atoms with Gasteiger partial charge in [0.05, 0.1) is 6.04 Å². The molecular weight excluding hydrogens is 339 g/mol. The van der Waals surface area contributed by atoms with Crippen LogP contribution in [0.1, 0.15) is 41.2 Å². The van der Waals surface area contributed by atoms with Crippen LogP contribution in [-0.4, -0.2) is 30.4 Å². The monoisotopic (exact) mass is 360 g/mol. The number of halogens is 2. The van der Waals surface area contributed by atoms with Gasteiger partial charge in [0.25, 0.3) is 5.91 Å². The SMILES string of the molecule is O=C(NC[C@H](c1ccccc1Cl)N1CCCCC1)c1ccc(F)cc1. The van der Waals surface area contributed by atoms with E-state index in [4.69, 9.17) is 11.6 Å². The molecule has 1 saturated heterocycles. The molecule has 0 spiro atoms. The number of likely N-dealkylation sites (tertiary alicyclic amines) is 1. The molecule has 132 valence electrons. The predicted octanol–water partition coefficient (Wildman–Crippen LogP) is 4.44. The first-order chi connectivity index (χ1) is 12.1. The lowest BCUT2D eigenvalue weighted by Crippen LogP contribution is -2.40. The molecule has 1 atom stereocenters. The summed E-state index contributed by atoms with van der Waals surface area (Å²) in [5.74, 6) is -0.548. The van der Waals surface area contributed by atoms with Crippen molar-refractivity contribution in [2.45, 2.75) is 25.3 Å². The minimum Gasteiger partial charge on any atom is -0.350 e. The van der Waals surface area contributed by atoms with E-state index in [-0.39, 0.29) is 17.8 Å². The Kier molecular flexibility index (Phi) is 6.05. The summed E-state index contributed by atoms with van der Waals surface area (Å²) in [6.45, 7) is 2.48. The van der Waals surface area contributed by atoms with Gasteiger partial charge < -0.3 is 5.32 Å². The van der Waals surface area contributed by atoms with Crippen molar-refractivity contribution in [2.24, 2.45) is 0 Å². The molecule has 1 N–H and O–H groups in total. The number of hydrogen-bond acceptors (Lipinski definition) is 2. The quantitative estimate of drug-likeness (QED) is 0.855. The summed E-state index contributed by atoms with van der Waals surface area (Å²) in [6, 6.07) is 13.4. The van der Waals surface area contributed by atoms with Gasteiger partial charge in [-0.3, -0.25) is 9.69 Å². The van der Waals surface area contributed by atoms with E-state index in [0.717, 1.165) is 31.5 Å². The molecular formula is C20H22ClFN2O. The average Bonchev–Trinajstić information content (AvgIpc) is 2.64. The van der Waals surface area contributed by atoms with E-state index >= 15 is 0 Å². The Bertz CT molecular complexity index is 714. The first-order valence-electron chi connectivity index (χ1n) is 8.67. The third-order valence-electron chi connectivity index (χ3n) is 4.66. The lowest BCUT2D eigenvalue weighted by atomic mass is 10.0. The van der Waals surface area contributed by atoms with Crippen molar-refractivity contribution in [3.05, 3.63) is 70.5 Å². The zero-order valence-corrected chi connectivity index (χ0v) is 14.8. The molecule has 25 heavy (non-hydrogen) atoms. The van der Waals surface area contributed by atoms with E-state index < -0.39 is 0 Å². The fourth-order valence-corrected chi connectivity index (χ4v) is 3.57. The van der Waals surface area contributed by atoms with Crippen molar-refractivity contribution < 1.29 is 9.18 Å². The molecule has 0 aromatic heterocycles. The minimum atomic E-state index is -0.348. The summed E-state index contributed by atoms with van der Waals surface area (Å²) < 4.78 is 13.0. The van der Waals surface area contributed by atoms with Gasteiger partial charge in [-0.15, -0.1) is 0 Å². The molecule has 1 aliphatic rings. The summed E-state index contributed by atoms with van der Waals surface area (Å²) in [7, 11) is 0. The maximum atomic E-state index is 13.0. The van der Waals surface area contributed by atoms with Crippen LogP contribution in [0.4, 0.5) is 4.39 Å². The van der Waals surface area contributed by atoms with Crippen molar-refractivity contribution in [3.63, 3.8) is 0 Å². The van der Waals surface area contributed by atoms with Gasteiger partial charge in [0.1, 0.15) is 5.82 Å². The van der Waals surface area contributed by atoms with Gasteiger partial charge in [-0.1, -0.05) is 36.2 Å². The second-order valence-corrected chi connectivity index (χ2v) is 6.76. The highest BCUT2D eigenvalue weighted by Gasteiger charge is 2.24. The van der Waals surface area contributed by atoms with Crippen molar-refractivity contribution in [3.8, 4) is 0 Å². The molecule has 0 saturated carbocycles. The van der Waals surface area contributed by atoms with E-state index in [9.17, 15) is 9.18 Å². The Labute approximate surface area is 152 Å². The van der Waals surface area contributed by atoms with Gasteiger partial charge in [-0.05, 0) is 61.8 Å². The zero-order valence-electron chi connectivity index (χ0n) is 14.1. The van der Waals surface area contributed by atoms with Crippen LogP contribution >= 0.6 is 11.6 Å². The van der Waals surface area contributed by atoms with Gasteiger partial charge >= 0.3 is 0 Å². The molecule has 2 aromatic carbocycles. The first kappa shape index (κ1) is 17.9. The van der Waals surface area contributed by atoms with Gasteiger partial charge in [0, 0.05) is 17.1 Å². The lowest BCUT2D eigenvalue weighted by Gasteiger charge is -2.35. The first-order valence-corrected chi connectivity index (χ1v) is 9.05. The van der Waals surface area contributed by atoms with Gasteiger partial charge in [-0.2, -0.15) is 0 Å². The molecule has 0 unspecified atom stereocenters. The van der Waals surface area contributed by atoms with Crippen LogP contribution in [-0.2, 0) is 0 Å². The summed E-state index contributed by atoms with van der Waals surface area (Å²) in [4.78, 5) is 14.8. The molecule has 0 bridgehead atoms. The number of nitrogens with one attached hydrogen (secondary N) is 1. The molecule has 1 aliphatic heterocycles. The number of hydrogen-bond donors (Lipinski definition) is 1. The van der Waals surface area contributed by atoms with Crippen molar-refractivity contribution in [1.82, 2.24) is 10.2 Å². The minimum absolute atomic E-state index is 0.0402. The number of carbonyl (C=O) groups is 1. The molecule has 5 heteroatoms. The molecule has 1 fully saturated rings. The summed E-state index contributed by atoms with van der Waals surface area (Å²) in [5, 5.41) is 3.70. The largest absolute Gasteiger partial charge is 0.350 e. The zero-order chi connectivity index (χ0) is 17.6. The third-order valence-corrected chi connectivity index (χ3v) is 5.00. The molecule has 1 amide bonds. The molecule has 2 aromatic rings. The average molecular weight is 361 g/mol. The number of benzene rings is 2.